The van der Waals surface area contributed by atoms with Gasteiger partial charge in [0.05, 0.1) is 17.4 Å². The first-order valence-corrected chi connectivity index (χ1v) is 11.3. The average Bonchev–Trinajstić information content (AvgIpc) is 2.90. The van der Waals surface area contributed by atoms with E-state index in [-0.39, 0.29) is 5.91 Å². The number of amides is 1. The number of hydrazine groups is 1. The van der Waals surface area contributed by atoms with Gasteiger partial charge >= 0.3 is 0 Å². The van der Waals surface area contributed by atoms with Crippen molar-refractivity contribution in [1.29, 1.82) is 0 Å². The largest absolute Gasteiger partial charge is 0.272 e. The molecular weight excluding hydrogens is 418 g/mol. The van der Waals surface area contributed by atoms with E-state index in [0.29, 0.717) is 18.7 Å². The third kappa shape index (κ3) is 4.87. The molecule has 0 bridgehead atoms. The SMILES string of the molecule is O=C(c1ccccc1)N(c1cnc2ccccc2c1)N(Cc1ccccc1)Cc1ccccc1. The molecule has 4 nitrogen and oxygen atoms in total. The minimum Gasteiger partial charge on any atom is -0.267 e. The van der Waals surface area contributed by atoms with E-state index in [1.54, 1.807) is 11.2 Å². The summed E-state index contributed by atoms with van der Waals surface area (Å²) in [5.74, 6) is -0.0930. The lowest BCUT2D eigenvalue weighted by Gasteiger charge is -2.35. The van der Waals surface area contributed by atoms with E-state index in [0.717, 1.165) is 27.7 Å². The second kappa shape index (κ2) is 10.1. The number of fused-ring (bicyclic) bond motifs is 1. The number of hydrogen-bond acceptors (Lipinski definition) is 3. The molecule has 0 saturated carbocycles. The van der Waals surface area contributed by atoms with Crippen LogP contribution in [0, 0.1) is 0 Å². The van der Waals surface area contributed by atoms with Crippen molar-refractivity contribution in [3.63, 3.8) is 0 Å². The van der Waals surface area contributed by atoms with Crippen molar-refractivity contribution in [3.05, 3.63) is 144 Å². The summed E-state index contributed by atoms with van der Waals surface area (Å²) in [5.41, 5.74) is 4.51. The van der Waals surface area contributed by atoms with Gasteiger partial charge in [0.15, 0.2) is 0 Å². The fraction of sp³-hybridized carbons (Fsp3) is 0.0667. The molecule has 5 aromatic rings. The summed E-state index contributed by atoms with van der Waals surface area (Å²) in [7, 11) is 0. The molecule has 0 unspecified atom stereocenters. The number of pyridine rings is 1. The van der Waals surface area contributed by atoms with Crippen molar-refractivity contribution < 1.29 is 4.79 Å². The maximum absolute atomic E-state index is 14.0. The maximum Gasteiger partial charge on any atom is 0.272 e. The number of benzene rings is 4. The zero-order valence-electron chi connectivity index (χ0n) is 18.8. The van der Waals surface area contributed by atoms with Crippen molar-refractivity contribution in [2.24, 2.45) is 0 Å². The Balaban J connectivity index is 1.62. The van der Waals surface area contributed by atoms with E-state index in [1.807, 2.05) is 97.1 Å². The quantitative estimate of drug-likeness (QED) is 0.269. The number of carbonyl (C=O) groups excluding carboxylic acids is 1. The molecule has 5 rings (SSSR count). The Hall–Kier alpha value is -4.28. The van der Waals surface area contributed by atoms with E-state index in [1.165, 1.54) is 0 Å². The zero-order valence-corrected chi connectivity index (χ0v) is 18.8. The van der Waals surface area contributed by atoms with Gasteiger partial charge in [-0.2, -0.15) is 0 Å². The van der Waals surface area contributed by atoms with Crippen LogP contribution in [0.3, 0.4) is 0 Å². The molecule has 34 heavy (non-hydrogen) atoms. The second-order valence-corrected chi connectivity index (χ2v) is 8.16. The van der Waals surface area contributed by atoms with Gasteiger partial charge in [-0.25, -0.2) is 10.0 Å². The van der Waals surface area contributed by atoms with Gasteiger partial charge in [0.25, 0.3) is 5.91 Å². The number of para-hydroxylation sites is 1. The van der Waals surface area contributed by atoms with Crippen LogP contribution >= 0.6 is 0 Å². The standard InChI is InChI=1S/C30H25N3O/c34-30(26-16-8-3-9-17-26)33(28-20-27-18-10-11-19-29(27)31-21-28)32(22-24-12-4-1-5-13-24)23-25-14-6-2-7-15-25/h1-21H,22-23H2. The topological polar surface area (TPSA) is 36.4 Å². The number of nitrogens with zero attached hydrogens (tertiary/aromatic N) is 3. The van der Waals surface area contributed by atoms with Gasteiger partial charge in [0, 0.05) is 24.0 Å². The monoisotopic (exact) mass is 443 g/mol. The molecule has 0 aliphatic rings. The van der Waals surface area contributed by atoms with E-state index in [2.05, 4.69) is 34.3 Å². The highest BCUT2D eigenvalue weighted by atomic mass is 16.2. The van der Waals surface area contributed by atoms with Crippen LogP contribution in [-0.4, -0.2) is 15.9 Å². The lowest BCUT2D eigenvalue weighted by atomic mass is 10.1. The smallest absolute Gasteiger partial charge is 0.267 e. The van der Waals surface area contributed by atoms with Gasteiger partial charge in [-0.15, -0.1) is 0 Å². The number of carbonyl (C=O) groups is 1. The number of hydrogen-bond donors (Lipinski definition) is 0. The molecule has 1 aromatic heterocycles. The van der Waals surface area contributed by atoms with E-state index < -0.39 is 0 Å². The van der Waals surface area contributed by atoms with Crippen molar-refractivity contribution in [2.45, 2.75) is 13.1 Å². The molecule has 166 valence electrons. The lowest BCUT2D eigenvalue weighted by Crippen LogP contribution is -2.46. The van der Waals surface area contributed by atoms with Crippen molar-refractivity contribution in [3.8, 4) is 0 Å². The summed E-state index contributed by atoms with van der Waals surface area (Å²) >= 11 is 0. The van der Waals surface area contributed by atoms with Crippen LogP contribution < -0.4 is 5.01 Å². The highest BCUT2D eigenvalue weighted by Crippen LogP contribution is 2.26. The van der Waals surface area contributed by atoms with Crippen LogP contribution in [0.2, 0.25) is 0 Å². The summed E-state index contributed by atoms with van der Waals surface area (Å²) in [6, 6.07) is 39.9. The van der Waals surface area contributed by atoms with Crippen molar-refractivity contribution in [2.75, 3.05) is 5.01 Å². The zero-order chi connectivity index (χ0) is 23.2. The Kier molecular flexibility index (Phi) is 6.41. The normalized spacial score (nSPS) is 11.0. The first-order valence-electron chi connectivity index (χ1n) is 11.3. The molecule has 0 aliphatic heterocycles. The molecule has 4 aromatic carbocycles. The molecule has 1 heterocycles. The molecule has 0 atom stereocenters. The van der Waals surface area contributed by atoms with E-state index >= 15 is 0 Å². The third-order valence-electron chi connectivity index (χ3n) is 5.73. The molecule has 0 spiro atoms. The van der Waals surface area contributed by atoms with Crippen LogP contribution in [-0.2, 0) is 13.1 Å². The highest BCUT2D eigenvalue weighted by Gasteiger charge is 2.26. The third-order valence-corrected chi connectivity index (χ3v) is 5.73. The fourth-order valence-corrected chi connectivity index (χ4v) is 4.07. The van der Waals surface area contributed by atoms with E-state index in [4.69, 9.17) is 0 Å². The molecule has 0 aliphatic carbocycles. The number of aromatic nitrogens is 1. The molecule has 0 radical (unpaired) electrons. The Bertz CT molecular complexity index is 1330. The summed E-state index contributed by atoms with van der Waals surface area (Å²) in [4.78, 5) is 18.6. The first-order chi connectivity index (χ1) is 16.8. The van der Waals surface area contributed by atoms with Gasteiger partial charge in [0.1, 0.15) is 0 Å². The fourth-order valence-electron chi connectivity index (χ4n) is 4.07. The first kappa shape index (κ1) is 21.6. The minimum atomic E-state index is -0.0930. The second-order valence-electron chi connectivity index (χ2n) is 8.16. The Morgan fingerprint density at radius 3 is 1.79 bits per heavy atom. The molecule has 0 fully saturated rings. The average molecular weight is 444 g/mol. The predicted molar refractivity (Wildman–Crippen MR) is 137 cm³/mol. The Morgan fingerprint density at radius 2 is 1.18 bits per heavy atom. The molecule has 1 amide bonds. The number of anilines is 1. The molecule has 0 saturated heterocycles. The van der Waals surface area contributed by atoms with Gasteiger partial charge in [-0.1, -0.05) is 97.1 Å². The van der Waals surface area contributed by atoms with Gasteiger partial charge < -0.3 is 0 Å². The van der Waals surface area contributed by atoms with Crippen LogP contribution in [0.5, 0.6) is 0 Å². The summed E-state index contributed by atoms with van der Waals surface area (Å²) in [5, 5.41) is 4.85. The van der Waals surface area contributed by atoms with Gasteiger partial charge in [-0.3, -0.25) is 9.78 Å². The molecule has 0 N–H and O–H groups in total. The molecule has 4 heteroatoms. The van der Waals surface area contributed by atoms with Crippen LogP contribution in [0.1, 0.15) is 21.5 Å². The van der Waals surface area contributed by atoms with Crippen LogP contribution in [0.15, 0.2) is 128 Å². The van der Waals surface area contributed by atoms with E-state index in [9.17, 15) is 4.79 Å². The van der Waals surface area contributed by atoms with Crippen molar-refractivity contribution >= 4 is 22.5 Å². The Labute approximate surface area is 199 Å². The Morgan fingerprint density at radius 1 is 0.647 bits per heavy atom. The van der Waals surface area contributed by atoms with Crippen LogP contribution in [0.25, 0.3) is 10.9 Å². The van der Waals surface area contributed by atoms with Gasteiger partial charge in [-0.05, 0) is 35.4 Å². The summed E-state index contributed by atoms with van der Waals surface area (Å²) < 4.78 is 0. The number of rotatable bonds is 7. The van der Waals surface area contributed by atoms with Crippen LogP contribution in [0.4, 0.5) is 5.69 Å². The summed E-state index contributed by atoms with van der Waals surface area (Å²) in [6.07, 6.45) is 1.78. The molecular formula is C30H25N3O. The predicted octanol–water partition coefficient (Wildman–Crippen LogP) is 6.50. The highest BCUT2D eigenvalue weighted by molar-refractivity contribution is 6.06. The summed E-state index contributed by atoms with van der Waals surface area (Å²) in [6.45, 7) is 1.14. The van der Waals surface area contributed by atoms with Crippen molar-refractivity contribution in [1.82, 2.24) is 9.99 Å². The van der Waals surface area contributed by atoms with Gasteiger partial charge in [0.2, 0.25) is 0 Å². The lowest BCUT2D eigenvalue weighted by molar-refractivity contribution is 0.0878. The minimum absolute atomic E-state index is 0.0930. The maximum atomic E-state index is 14.0.